The van der Waals surface area contributed by atoms with E-state index < -0.39 is 0 Å². The van der Waals surface area contributed by atoms with E-state index in [9.17, 15) is 0 Å². The Morgan fingerprint density at radius 1 is 1.18 bits per heavy atom. The molecular formula is C10H11O+. The molecule has 0 aliphatic carbocycles. The van der Waals surface area contributed by atoms with E-state index in [2.05, 4.69) is 24.2 Å². The second-order valence-corrected chi connectivity index (χ2v) is 2.29. The fraction of sp³-hybridized carbons (Fsp3) is 0.200. The van der Waals surface area contributed by atoms with Crippen molar-refractivity contribution in [2.24, 2.45) is 0 Å². The van der Waals surface area contributed by atoms with Crippen LogP contribution in [0.25, 0.3) is 0 Å². The predicted octanol–water partition coefficient (Wildman–Crippen LogP) is 1.30. The van der Waals surface area contributed by atoms with E-state index in [1.165, 1.54) is 5.56 Å². The van der Waals surface area contributed by atoms with Crippen molar-refractivity contribution in [2.45, 2.75) is 12.8 Å². The highest BCUT2D eigenvalue weighted by Crippen LogP contribution is 2.00. The van der Waals surface area contributed by atoms with Crippen molar-refractivity contribution in [1.29, 1.82) is 0 Å². The molecule has 1 heteroatoms. The molecule has 0 bridgehead atoms. The van der Waals surface area contributed by atoms with E-state index in [0.717, 1.165) is 12.8 Å². The van der Waals surface area contributed by atoms with E-state index in [0.29, 0.717) is 0 Å². The lowest BCUT2D eigenvalue weighted by molar-refractivity contribution is 0.516. The molecule has 0 amide bonds. The fourth-order valence-corrected chi connectivity index (χ4v) is 0.914. The van der Waals surface area contributed by atoms with E-state index in [1.807, 2.05) is 18.2 Å². The van der Waals surface area contributed by atoms with Gasteiger partial charge in [0.2, 0.25) is 0 Å². The molecule has 0 heterocycles. The van der Waals surface area contributed by atoms with Crippen LogP contribution in [-0.2, 0) is 6.42 Å². The zero-order chi connectivity index (χ0) is 7.94. The van der Waals surface area contributed by atoms with Gasteiger partial charge in [-0.2, -0.15) is 0 Å². The summed E-state index contributed by atoms with van der Waals surface area (Å²) >= 11 is 0. The van der Waals surface area contributed by atoms with Crippen LogP contribution in [-0.4, -0.2) is 5.11 Å². The quantitative estimate of drug-likeness (QED) is 0.444. The second kappa shape index (κ2) is 4.40. The third kappa shape index (κ3) is 2.77. The average Bonchev–Trinajstić information content (AvgIpc) is 2.07. The van der Waals surface area contributed by atoms with E-state index >= 15 is 0 Å². The summed E-state index contributed by atoms with van der Waals surface area (Å²) in [4.78, 5) is 0. The largest absolute Gasteiger partial charge is 0.543 e. The topological polar surface area (TPSA) is 22.9 Å². The molecular weight excluding hydrogens is 136 g/mol. The summed E-state index contributed by atoms with van der Waals surface area (Å²) < 4.78 is 0. The zero-order valence-electron chi connectivity index (χ0n) is 6.30. The van der Waals surface area contributed by atoms with Crippen LogP contribution < -0.4 is 0 Å². The first-order valence-electron chi connectivity index (χ1n) is 3.62. The molecule has 0 spiro atoms. The molecule has 0 aliphatic rings. The van der Waals surface area contributed by atoms with Gasteiger partial charge in [-0.3, -0.25) is 0 Å². The standard InChI is InChI=1S/C10H10O/c11-9-5-4-8-10-6-2-1-3-7-10/h1-3,6-7,11H,4,8H2/p+1. The average molecular weight is 147 g/mol. The maximum atomic E-state index is 6.61. The Morgan fingerprint density at radius 2 is 1.91 bits per heavy atom. The van der Waals surface area contributed by atoms with Gasteiger partial charge in [0.05, 0.1) is 0 Å². The molecule has 0 atom stereocenters. The normalized spacial score (nSPS) is 8.36. The molecule has 0 unspecified atom stereocenters. The Labute approximate surface area is 66.7 Å². The first-order chi connectivity index (χ1) is 5.43. The molecule has 56 valence electrons. The Hall–Kier alpha value is -1.42. The highest BCUT2D eigenvalue weighted by atomic mass is 16.2. The van der Waals surface area contributed by atoms with Gasteiger partial charge in [0.25, 0.3) is 6.11 Å². The zero-order valence-corrected chi connectivity index (χ0v) is 6.30. The molecule has 0 aliphatic heterocycles. The van der Waals surface area contributed by atoms with Gasteiger partial charge in [-0.1, -0.05) is 30.3 Å². The summed E-state index contributed by atoms with van der Waals surface area (Å²) in [6.45, 7) is 0. The third-order valence-electron chi connectivity index (χ3n) is 1.47. The van der Waals surface area contributed by atoms with Gasteiger partial charge >= 0.3 is 0 Å². The van der Waals surface area contributed by atoms with Gasteiger partial charge in [-0.25, -0.2) is 0 Å². The van der Waals surface area contributed by atoms with Crippen LogP contribution >= 0.6 is 0 Å². The van der Waals surface area contributed by atoms with Crippen molar-refractivity contribution in [1.82, 2.24) is 0 Å². The molecule has 0 saturated heterocycles. The van der Waals surface area contributed by atoms with Gasteiger partial charge in [0, 0.05) is 6.42 Å². The number of hydrogen-bond donors (Lipinski definition) is 0. The third-order valence-corrected chi connectivity index (χ3v) is 1.47. The number of rotatable bonds is 2. The maximum Gasteiger partial charge on any atom is 0.299 e. The van der Waals surface area contributed by atoms with Gasteiger partial charge in [0.1, 0.15) is 0 Å². The molecule has 2 N–H and O–H groups in total. The molecule has 1 rings (SSSR count). The minimum Gasteiger partial charge on any atom is -0.543 e. The Kier molecular flexibility index (Phi) is 3.08. The number of hydrogen-bond acceptors (Lipinski definition) is 0. The first kappa shape index (κ1) is 7.68. The Bertz CT molecular complexity index is 253. The van der Waals surface area contributed by atoms with Crippen molar-refractivity contribution < 1.29 is 5.11 Å². The van der Waals surface area contributed by atoms with Crippen molar-refractivity contribution in [3.63, 3.8) is 0 Å². The number of benzene rings is 1. The van der Waals surface area contributed by atoms with Gasteiger partial charge in [0.15, 0.2) is 0 Å². The first-order valence-corrected chi connectivity index (χ1v) is 3.62. The lowest BCUT2D eigenvalue weighted by Gasteiger charge is -1.93. The van der Waals surface area contributed by atoms with Crippen molar-refractivity contribution in [3.8, 4) is 12.0 Å². The van der Waals surface area contributed by atoms with Gasteiger partial charge in [-0.15, -0.1) is 0 Å². The summed E-state index contributed by atoms with van der Waals surface area (Å²) in [7, 11) is 0. The predicted molar refractivity (Wildman–Crippen MR) is 46.2 cm³/mol. The van der Waals surface area contributed by atoms with Gasteiger partial charge < -0.3 is 5.11 Å². The summed E-state index contributed by atoms with van der Waals surface area (Å²) in [6.07, 6.45) is 3.87. The van der Waals surface area contributed by atoms with Crippen LogP contribution in [0.3, 0.4) is 0 Å². The summed E-state index contributed by atoms with van der Waals surface area (Å²) in [6, 6.07) is 10.2. The molecule has 0 saturated carbocycles. The van der Waals surface area contributed by atoms with Crippen LogP contribution in [0.2, 0.25) is 0 Å². The fourth-order valence-electron chi connectivity index (χ4n) is 0.914. The second-order valence-electron chi connectivity index (χ2n) is 2.29. The minimum absolute atomic E-state index is 0.785. The van der Waals surface area contributed by atoms with Crippen molar-refractivity contribution >= 4 is 0 Å². The SMILES string of the molecule is [OH2+]C#CCCc1ccccc1. The van der Waals surface area contributed by atoms with Crippen LogP contribution in [0.5, 0.6) is 0 Å². The van der Waals surface area contributed by atoms with E-state index in [1.54, 1.807) is 0 Å². The molecule has 0 aromatic heterocycles. The van der Waals surface area contributed by atoms with Crippen molar-refractivity contribution in [3.05, 3.63) is 35.9 Å². The maximum absolute atomic E-state index is 6.61. The van der Waals surface area contributed by atoms with Crippen LogP contribution in [0, 0.1) is 12.0 Å². The lowest BCUT2D eigenvalue weighted by Crippen LogP contribution is -1.81. The number of aryl methyl sites for hydroxylation is 1. The molecule has 1 aromatic rings. The minimum atomic E-state index is 0.785. The van der Waals surface area contributed by atoms with Crippen LogP contribution in [0.4, 0.5) is 0 Å². The van der Waals surface area contributed by atoms with Gasteiger partial charge in [-0.05, 0) is 17.9 Å². The molecule has 1 aromatic carbocycles. The van der Waals surface area contributed by atoms with E-state index in [4.69, 9.17) is 5.11 Å². The highest BCUT2D eigenvalue weighted by Gasteiger charge is 1.87. The molecule has 1 nitrogen and oxygen atoms in total. The molecule has 11 heavy (non-hydrogen) atoms. The summed E-state index contributed by atoms with van der Waals surface area (Å²) in [5.74, 6) is 2.71. The van der Waals surface area contributed by atoms with Crippen molar-refractivity contribution in [2.75, 3.05) is 0 Å². The van der Waals surface area contributed by atoms with E-state index in [-0.39, 0.29) is 0 Å². The molecule has 0 fully saturated rings. The Morgan fingerprint density at radius 3 is 2.55 bits per heavy atom. The lowest BCUT2D eigenvalue weighted by atomic mass is 10.1. The highest BCUT2D eigenvalue weighted by molar-refractivity contribution is 5.15. The summed E-state index contributed by atoms with van der Waals surface area (Å²) in [5.41, 5.74) is 1.29. The van der Waals surface area contributed by atoms with Crippen LogP contribution in [0.15, 0.2) is 30.3 Å². The molecule has 0 radical (unpaired) electrons. The summed E-state index contributed by atoms with van der Waals surface area (Å²) in [5, 5.41) is 6.61. The van der Waals surface area contributed by atoms with Crippen LogP contribution in [0.1, 0.15) is 12.0 Å². The monoisotopic (exact) mass is 147 g/mol. The smallest absolute Gasteiger partial charge is 0.299 e. The Balaban J connectivity index is 2.43.